The minimum absolute atomic E-state index is 0.191. The second-order valence-corrected chi connectivity index (χ2v) is 4.71. The van der Waals surface area contributed by atoms with Crippen LogP contribution < -0.4 is 9.64 Å². The summed E-state index contributed by atoms with van der Waals surface area (Å²) in [5, 5.41) is 0. The molecule has 0 bridgehead atoms. The summed E-state index contributed by atoms with van der Waals surface area (Å²) in [6.45, 7) is 4.01. The van der Waals surface area contributed by atoms with Gasteiger partial charge in [-0.3, -0.25) is 4.79 Å². The van der Waals surface area contributed by atoms with Gasteiger partial charge in [-0.05, 0) is 37.5 Å². The van der Waals surface area contributed by atoms with Gasteiger partial charge in [0.05, 0.1) is 12.8 Å². The van der Waals surface area contributed by atoms with E-state index < -0.39 is 0 Å². The lowest BCUT2D eigenvalue weighted by Crippen LogP contribution is -2.29. The lowest BCUT2D eigenvalue weighted by Gasteiger charge is -2.30. The Morgan fingerprint density at radius 2 is 2.00 bits per heavy atom. The number of ether oxygens (including phenoxy) is 1. The lowest BCUT2D eigenvalue weighted by atomic mass is 10.1. The molecule has 0 radical (unpaired) electrons. The number of benzene rings is 1. The van der Waals surface area contributed by atoms with E-state index in [2.05, 4.69) is 4.90 Å². The molecule has 0 amide bonds. The second-order valence-electron chi connectivity index (χ2n) is 4.71. The van der Waals surface area contributed by atoms with Crippen molar-refractivity contribution in [1.82, 2.24) is 0 Å². The van der Waals surface area contributed by atoms with Gasteiger partial charge in [-0.25, -0.2) is 0 Å². The number of methoxy groups -OCH3 is 1. The molecule has 1 aromatic carbocycles. The predicted molar refractivity (Wildman–Crippen MR) is 73.7 cm³/mol. The molecule has 1 saturated heterocycles. The fraction of sp³-hybridized carbons (Fsp3) is 0.533. The van der Waals surface area contributed by atoms with Crippen molar-refractivity contribution in [3.05, 3.63) is 23.8 Å². The van der Waals surface area contributed by atoms with Gasteiger partial charge in [-0.15, -0.1) is 0 Å². The molecule has 1 heterocycles. The summed E-state index contributed by atoms with van der Waals surface area (Å²) in [5.41, 5.74) is 1.86. The van der Waals surface area contributed by atoms with Crippen LogP contribution in [-0.2, 0) is 0 Å². The first-order valence-corrected chi connectivity index (χ1v) is 6.72. The first-order chi connectivity index (χ1) is 8.76. The van der Waals surface area contributed by atoms with E-state index in [1.807, 2.05) is 25.1 Å². The van der Waals surface area contributed by atoms with Crippen LogP contribution in [0.15, 0.2) is 18.2 Å². The molecule has 1 fully saturated rings. The standard InChI is InChI=1S/C15H21NO2/c1-3-14(17)12-7-8-15(18-2)13(11-12)16-9-5-4-6-10-16/h7-8,11H,3-6,9-10H2,1-2H3. The van der Waals surface area contributed by atoms with E-state index in [0.29, 0.717) is 6.42 Å². The van der Waals surface area contributed by atoms with Crippen LogP contribution in [0.3, 0.4) is 0 Å². The Morgan fingerprint density at radius 3 is 2.61 bits per heavy atom. The quantitative estimate of drug-likeness (QED) is 0.765. The zero-order valence-corrected chi connectivity index (χ0v) is 11.2. The molecule has 1 aliphatic heterocycles. The Kier molecular flexibility index (Phi) is 4.24. The Morgan fingerprint density at radius 1 is 1.28 bits per heavy atom. The maximum absolute atomic E-state index is 11.8. The third kappa shape index (κ3) is 2.66. The first kappa shape index (κ1) is 12.9. The van der Waals surface area contributed by atoms with Crippen LogP contribution in [0.5, 0.6) is 5.75 Å². The summed E-state index contributed by atoms with van der Waals surface area (Å²) in [6, 6.07) is 5.75. The zero-order valence-electron chi connectivity index (χ0n) is 11.2. The molecule has 0 N–H and O–H groups in total. The topological polar surface area (TPSA) is 29.5 Å². The fourth-order valence-electron chi connectivity index (χ4n) is 2.45. The monoisotopic (exact) mass is 247 g/mol. The number of hydrogen-bond acceptors (Lipinski definition) is 3. The van der Waals surface area contributed by atoms with Gasteiger partial charge < -0.3 is 9.64 Å². The lowest BCUT2D eigenvalue weighted by molar-refractivity contribution is 0.0988. The van der Waals surface area contributed by atoms with E-state index in [-0.39, 0.29) is 5.78 Å². The van der Waals surface area contributed by atoms with Crippen molar-refractivity contribution in [3.63, 3.8) is 0 Å². The SMILES string of the molecule is CCC(=O)c1ccc(OC)c(N2CCCCC2)c1. The number of carbonyl (C=O) groups excluding carboxylic acids is 1. The average molecular weight is 247 g/mol. The number of carbonyl (C=O) groups is 1. The Hall–Kier alpha value is -1.51. The third-order valence-electron chi connectivity index (χ3n) is 3.52. The summed E-state index contributed by atoms with van der Waals surface area (Å²) in [7, 11) is 1.68. The van der Waals surface area contributed by atoms with Crippen molar-refractivity contribution >= 4 is 11.5 Å². The minimum Gasteiger partial charge on any atom is -0.495 e. The summed E-state index contributed by atoms with van der Waals surface area (Å²) >= 11 is 0. The first-order valence-electron chi connectivity index (χ1n) is 6.72. The number of nitrogens with zero attached hydrogens (tertiary/aromatic N) is 1. The molecule has 0 atom stereocenters. The van der Waals surface area contributed by atoms with Gasteiger partial charge in [-0.2, -0.15) is 0 Å². The number of ketones is 1. The number of piperidine rings is 1. The molecule has 18 heavy (non-hydrogen) atoms. The molecular formula is C15H21NO2. The molecule has 0 spiro atoms. The Bertz CT molecular complexity index is 423. The van der Waals surface area contributed by atoms with Crippen LogP contribution in [-0.4, -0.2) is 26.0 Å². The number of Topliss-reactive ketones (excluding diaryl/α,β-unsaturated/α-hetero) is 1. The van der Waals surface area contributed by atoms with Crippen molar-refractivity contribution in [2.45, 2.75) is 32.6 Å². The molecule has 0 saturated carbocycles. The maximum atomic E-state index is 11.8. The van der Waals surface area contributed by atoms with Crippen LogP contribution in [0.25, 0.3) is 0 Å². The number of rotatable bonds is 4. The van der Waals surface area contributed by atoms with Crippen molar-refractivity contribution < 1.29 is 9.53 Å². The van der Waals surface area contributed by atoms with Crippen molar-refractivity contribution in [2.75, 3.05) is 25.1 Å². The van der Waals surface area contributed by atoms with Crippen molar-refractivity contribution in [2.24, 2.45) is 0 Å². The molecule has 0 aromatic heterocycles. The van der Waals surface area contributed by atoms with Gasteiger partial charge in [-0.1, -0.05) is 6.92 Å². The highest BCUT2D eigenvalue weighted by molar-refractivity contribution is 5.97. The van der Waals surface area contributed by atoms with Crippen LogP contribution in [0.4, 0.5) is 5.69 Å². The highest BCUT2D eigenvalue weighted by Gasteiger charge is 2.16. The van der Waals surface area contributed by atoms with Gasteiger partial charge in [0, 0.05) is 25.1 Å². The summed E-state index contributed by atoms with van der Waals surface area (Å²) in [6.07, 6.45) is 4.28. The highest BCUT2D eigenvalue weighted by atomic mass is 16.5. The zero-order chi connectivity index (χ0) is 13.0. The van der Waals surface area contributed by atoms with E-state index >= 15 is 0 Å². The third-order valence-corrected chi connectivity index (χ3v) is 3.52. The smallest absolute Gasteiger partial charge is 0.162 e. The number of hydrogen-bond donors (Lipinski definition) is 0. The van der Waals surface area contributed by atoms with Crippen LogP contribution in [0.1, 0.15) is 43.0 Å². The van der Waals surface area contributed by atoms with Crippen molar-refractivity contribution in [3.8, 4) is 5.75 Å². The molecule has 0 unspecified atom stereocenters. The molecule has 3 nitrogen and oxygen atoms in total. The van der Waals surface area contributed by atoms with Gasteiger partial charge >= 0.3 is 0 Å². The molecule has 3 heteroatoms. The Labute approximate surface area is 109 Å². The molecule has 98 valence electrons. The van der Waals surface area contributed by atoms with E-state index in [9.17, 15) is 4.79 Å². The summed E-state index contributed by atoms with van der Waals surface area (Å²) in [4.78, 5) is 14.1. The van der Waals surface area contributed by atoms with E-state index in [1.54, 1.807) is 7.11 Å². The average Bonchev–Trinajstić information content (AvgIpc) is 2.46. The summed E-state index contributed by atoms with van der Waals surface area (Å²) in [5.74, 6) is 1.06. The van der Waals surface area contributed by atoms with E-state index in [0.717, 1.165) is 30.1 Å². The molecule has 1 aliphatic rings. The molecule has 1 aromatic rings. The van der Waals surface area contributed by atoms with Crippen LogP contribution >= 0.6 is 0 Å². The van der Waals surface area contributed by atoms with E-state index in [4.69, 9.17) is 4.74 Å². The van der Waals surface area contributed by atoms with Crippen molar-refractivity contribution in [1.29, 1.82) is 0 Å². The summed E-state index contributed by atoms with van der Waals surface area (Å²) < 4.78 is 5.41. The highest BCUT2D eigenvalue weighted by Crippen LogP contribution is 2.31. The maximum Gasteiger partial charge on any atom is 0.162 e. The predicted octanol–water partition coefficient (Wildman–Crippen LogP) is 3.28. The molecule has 2 rings (SSSR count). The van der Waals surface area contributed by atoms with Gasteiger partial charge in [0.15, 0.2) is 5.78 Å². The second kappa shape index (κ2) is 5.89. The van der Waals surface area contributed by atoms with E-state index in [1.165, 1.54) is 19.3 Å². The largest absolute Gasteiger partial charge is 0.495 e. The minimum atomic E-state index is 0.191. The number of anilines is 1. The van der Waals surface area contributed by atoms with Gasteiger partial charge in [0.2, 0.25) is 0 Å². The Balaban J connectivity index is 2.32. The van der Waals surface area contributed by atoms with Gasteiger partial charge in [0.1, 0.15) is 5.75 Å². The van der Waals surface area contributed by atoms with Gasteiger partial charge in [0.25, 0.3) is 0 Å². The van der Waals surface area contributed by atoms with Crippen LogP contribution in [0, 0.1) is 0 Å². The fourth-order valence-corrected chi connectivity index (χ4v) is 2.45. The molecule has 0 aliphatic carbocycles. The molecular weight excluding hydrogens is 226 g/mol. The van der Waals surface area contributed by atoms with Crippen LogP contribution in [0.2, 0.25) is 0 Å². The normalized spacial score (nSPS) is 15.6.